The highest BCUT2D eigenvalue weighted by Gasteiger charge is 2.15. The summed E-state index contributed by atoms with van der Waals surface area (Å²) in [6.07, 6.45) is 0. The number of thiophene rings is 1. The van der Waals surface area contributed by atoms with E-state index in [0.717, 1.165) is 0 Å². The molecule has 0 radical (unpaired) electrons. The van der Waals surface area contributed by atoms with Gasteiger partial charge in [-0.05, 0) is 19.1 Å². The fourth-order valence-corrected chi connectivity index (χ4v) is 2.54. The van der Waals surface area contributed by atoms with Crippen LogP contribution in [0.4, 0.5) is 15.1 Å². The van der Waals surface area contributed by atoms with Crippen molar-refractivity contribution in [2.75, 3.05) is 17.7 Å². The number of nitrogens with one attached hydrogen (secondary N) is 1. The Labute approximate surface area is 120 Å². The van der Waals surface area contributed by atoms with Gasteiger partial charge in [0.2, 0.25) is 0 Å². The van der Waals surface area contributed by atoms with Gasteiger partial charge in [-0.3, -0.25) is 0 Å². The first kappa shape index (κ1) is 14.3. The first-order chi connectivity index (χ1) is 9.61. The number of nitrogen functional groups attached to an aromatic ring is 1. The maximum absolute atomic E-state index is 13.5. The Kier molecular flexibility index (Phi) is 4.57. The van der Waals surface area contributed by atoms with E-state index in [-0.39, 0.29) is 5.82 Å². The van der Waals surface area contributed by atoms with Crippen LogP contribution >= 0.6 is 11.3 Å². The summed E-state index contributed by atoms with van der Waals surface area (Å²) in [6.45, 7) is 2.36. The summed E-state index contributed by atoms with van der Waals surface area (Å²) in [5.41, 5.74) is 6.69. The lowest BCUT2D eigenvalue weighted by Crippen LogP contribution is -2.04. The van der Waals surface area contributed by atoms with E-state index >= 15 is 0 Å². The minimum absolute atomic E-state index is 0.268. The van der Waals surface area contributed by atoms with Crippen molar-refractivity contribution in [2.24, 2.45) is 0 Å². The maximum Gasteiger partial charge on any atom is 0.350 e. The first-order valence-electron chi connectivity index (χ1n) is 6.15. The summed E-state index contributed by atoms with van der Waals surface area (Å²) in [6, 6.07) is 8.17. The van der Waals surface area contributed by atoms with Crippen LogP contribution in [0.5, 0.6) is 0 Å². The molecule has 1 aromatic heterocycles. The van der Waals surface area contributed by atoms with Crippen LogP contribution in [0, 0.1) is 5.82 Å². The molecule has 4 nitrogen and oxygen atoms in total. The molecule has 0 aliphatic heterocycles. The lowest BCUT2D eigenvalue weighted by molar-refractivity contribution is 0.0533. The Morgan fingerprint density at radius 2 is 2.20 bits per heavy atom. The van der Waals surface area contributed by atoms with Crippen LogP contribution in [0.25, 0.3) is 0 Å². The second kappa shape index (κ2) is 6.38. The van der Waals surface area contributed by atoms with Crippen molar-refractivity contribution in [3.05, 3.63) is 46.6 Å². The lowest BCUT2D eigenvalue weighted by atomic mass is 10.2. The number of nitrogens with two attached hydrogens (primary N) is 1. The van der Waals surface area contributed by atoms with Crippen LogP contribution < -0.4 is 11.1 Å². The van der Waals surface area contributed by atoms with Crippen LogP contribution in [-0.4, -0.2) is 12.6 Å². The van der Waals surface area contributed by atoms with Crippen molar-refractivity contribution in [1.29, 1.82) is 0 Å². The largest absolute Gasteiger partial charge is 0.462 e. The molecule has 2 rings (SSSR count). The number of halogens is 1. The second-order valence-corrected chi connectivity index (χ2v) is 5.11. The zero-order chi connectivity index (χ0) is 14.5. The van der Waals surface area contributed by atoms with Crippen LogP contribution in [-0.2, 0) is 11.3 Å². The Bertz CT molecular complexity index is 613. The fourth-order valence-electron chi connectivity index (χ4n) is 1.67. The minimum Gasteiger partial charge on any atom is -0.462 e. The third-order valence-corrected chi connectivity index (χ3v) is 3.72. The molecule has 1 aromatic carbocycles. The van der Waals surface area contributed by atoms with Crippen LogP contribution in [0.2, 0.25) is 0 Å². The van der Waals surface area contributed by atoms with Crippen LogP contribution in [0.3, 0.4) is 0 Å². The molecule has 0 aliphatic rings. The zero-order valence-electron chi connectivity index (χ0n) is 11.0. The molecule has 3 N–H and O–H groups in total. The highest BCUT2D eigenvalue weighted by Crippen LogP contribution is 2.30. The molecule has 0 saturated heterocycles. The Morgan fingerprint density at radius 1 is 1.45 bits per heavy atom. The number of carbonyl (C=O) groups excluding carboxylic acids is 1. The standard InChI is InChI=1S/C14H15FN2O2S/c1-2-19-14(18)13-11(16)7-12(20-13)17-8-9-5-3-4-6-10(9)15/h3-7,17H,2,8,16H2,1H3. The summed E-state index contributed by atoms with van der Waals surface area (Å²) in [4.78, 5) is 12.0. The third kappa shape index (κ3) is 3.27. The van der Waals surface area contributed by atoms with Crippen molar-refractivity contribution in [3.63, 3.8) is 0 Å². The summed E-state index contributed by atoms with van der Waals surface area (Å²) >= 11 is 1.20. The number of hydrogen-bond donors (Lipinski definition) is 2. The van der Waals surface area contributed by atoms with E-state index in [0.29, 0.717) is 34.3 Å². The predicted octanol–water partition coefficient (Wildman–Crippen LogP) is 3.26. The molecule has 0 unspecified atom stereocenters. The molecule has 0 aliphatic carbocycles. The van der Waals surface area contributed by atoms with Gasteiger partial charge in [0, 0.05) is 12.1 Å². The van der Waals surface area contributed by atoms with Crippen molar-refractivity contribution in [1.82, 2.24) is 0 Å². The Morgan fingerprint density at radius 3 is 2.90 bits per heavy atom. The monoisotopic (exact) mass is 294 g/mol. The van der Waals surface area contributed by atoms with E-state index < -0.39 is 5.97 Å². The van der Waals surface area contributed by atoms with Gasteiger partial charge in [-0.2, -0.15) is 0 Å². The van der Waals surface area contributed by atoms with Crippen LogP contribution in [0.15, 0.2) is 30.3 Å². The summed E-state index contributed by atoms with van der Waals surface area (Å²) < 4.78 is 18.4. The second-order valence-electron chi connectivity index (χ2n) is 4.06. The van der Waals surface area contributed by atoms with E-state index in [1.807, 2.05) is 0 Å². The summed E-state index contributed by atoms with van der Waals surface area (Å²) in [7, 11) is 0. The number of carbonyl (C=O) groups is 1. The van der Waals surface area contributed by atoms with E-state index in [9.17, 15) is 9.18 Å². The van der Waals surface area contributed by atoms with Crippen molar-refractivity contribution < 1.29 is 13.9 Å². The fraction of sp³-hybridized carbons (Fsp3) is 0.214. The molecule has 0 bridgehead atoms. The van der Waals surface area contributed by atoms with Gasteiger partial charge < -0.3 is 15.8 Å². The smallest absolute Gasteiger partial charge is 0.350 e. The van der Waals surface area contributed by atoms with Gasteiger partial charge in [-0.15, -0.1) is 11.3 Å². The van der Waals surface area contributed by atoms with E-state index in [2.05, 4.69) is 5.32 Å². The molecule has 2 aromatic rings. The summed E-state index contributed by atoms with van der Waals surface area (Å²) in [5.74, 6) is -0.705. The van der Waals surface area contributed by atoms with Gasteiger partial charge in [0.15, 0.2) is 0 Å². The van der Waals surface area contributed by atoms with Crippen molar-refractivity contribution in [3.8, 4) is 0 Å². The Balaban J connectivity index is 2.06. The van der Waals surface area contributed by atoms with Gasteiger partial charge in [0.05, 0.1) is 17.3 Å². The van der Waals surface area contributed by atoms with Gasteiger partial charge in [0.1, 0.15) is 10.7 Å². The molecule has 20 heavy (non-hydrogen) atoms. The topological polar surface area (TPSA) is 64.3 Å². The molecule has 0 atom stereocenters. The molecule has 0 amide bonds. The summed E-state index contributed by atoms with van der Waals surface area (Å²) in [5, 5.41) is 3.75. The van der Waals surface area contributed by atoms with Gasteiger partial charge in [0.25, 0.3) is 0 Å². The van der Waals surface area contributed by atoms with Gasteiger partial charge in [-0.1, -0.05) is 18.2 Å². The van der Waals surface area contributed by atoms with Gasteiger partial charge >= 0.3 is 5.97 Å². The highest BCUT2D eigenvalue weighted by molar-refractivity contribution is 7.18. The minimum atomic E-state index is -0.436. The Hall–Kier alpha value is -2.08. The molecule has 0 saturated carbocycles. The van der Waals surface area contributed by atoms with Crippen molar-refractivity contribution >= 4 is 28.0 Å². The van der Waals surface area contributed by atoms with E-state index in [1.165, 1.54) is 17.4 Å². The number of esters is 1. The van der Waals surface area contributed by atoms with E-state index in [1.54, 1.807) is 31.2 Å². The maximum atomic E-state index is 13.5. The molecule has 0 fully saturated rings. The molecular formula is C14H15FN2O2S. The zero-order valence-corrected chi connectivity index (χ0v) is 11.8. The highest BCUT2D eigenvalue weighted by atomic mass is 32.1. The number of rotatable bonds is 5. The first-order valence-corrected chi connectivity index (χ1v) is 6.97. The number of ether oxygens (including phenoxy) is 1. The third-order valence-electron chi connectivity index (χ3n) is 2.63. The molecule has 0 spiro atoms. The molecule has 6 heteroatoms. The average molecular weight is 294 g/mol. The normalized spacial score (nSPS) is 10.3. The number of anilines is 2. The number of benzene rings is 1. The van der Waals surface area contributed by atoms with Gasteiger partial charge in [-0.25, -0.2) is 9.18 Å². The average Bonchev–Trinajstić information content (AvgIpc) is 2.79. The van der Waals surface area contributed by atoms with Crippen molar-refractivity contribution in [2.45, 2.75) is 13.5 Å². The lowest BCUT2D eigenvalue weighted by Gasteiger charge is -2.04. The molecule has 1 heterocycles. The molecule has 106 valence electrons. The predicted molar refractivity (Wildman–Crippen MR) is 78.4 cm³/mol. The number of hydrogen-bond acceptors (Lipinski definition) is 5. The van der Waals surface area contributed by atoms with Crippen LogP contribution in [0.1, 0.15) is 22.2 Å². The quantitative estimate of drug-likeness (QED) is 0.831. The molecular weight excluding hydrogens is 279 g/mol. The van der Waals surface area contributed by atoms with E-state index in [4.69, 9.17) is 10.5 Å². The SMILES string of the molecule is CCOC(=O)c1sc(NCc2ccccc2F)cc1N.